The van der Waals surface area contributed by atoms with E-state index >= 15 is 0 Å². The molecule has 0 aliphatic heterocycles. The van der Waals surface area contributed by atoms with Gasteiger partial charge in [-0.25, -0.2) is 0 Å². The summed E-state index contributed by atoms with van der Waals surface area (Å²) in [6.45, 7) is 2.11. The highest BCUT2D eigenvalue weighted by molar-refractivity contribution is 5.91. The highest BCUT2D eigenvalue weighted by Crippen LogP contribution is 2.10. The van der Waals surface area contributed by atoms with Crippen molar-refractivity contribution in [1.82, 2.24) is 0 Å². The molecule has 4 N–H and O–H groups in total. The van der Waals surface area contributed by atoms with Crippen LogP contribution in [-0.2, 0) is 9.59 Å². The van der Waals surface area contributed by atoms with Gasteiger partial charge in [0.1, 0.15) is 0 Å². The second-order valence-corrected chi connectivity index (χ2v) is 3.91. The molecule has 2 amide bonds. The molecule has 4 heteroatoms. The van der Waals surface area contributed by atoms with E-state index < -0.39 is 0 Å². The second-order valence-electron chi connectivity index (χ2n) is 3.91. The minimum atomic E-state index is -0.352. The van der Waals surface area contributed by atoms with E-state index in [4.69, 9.17) is 11.5 Å². The van der Waals surface area contributed by atoms with E-state index in [1.807, 2.05) is 6.08 Å². The Bertz CT molecular complexity index is 260. The number of primary amides is 2. The van der Waals surface area contributed by atoms with Crippen LogP contribution in [0, 0.1) is 0 Å². The van der Waals surface area contributed by atoms with Crippen molar-refractivity contribution in [2.45, 2.75) is 51.9 Å². The van der Waals surface area contributed by atoms with Crippen LogP contribution >= 0.6 is 0 Å². The number of unbranched alkanes of at least 4 members (excludes halogenated alkanes) is 3. The molecule has 0 radical (unpaired) electrons. The standard InChI is InChI=1S/C12H22N2O2/c1-2-3-4-7-10(12(14)16)8-5-6-9-11(13)15/h8H,2-7,9H2,1H3,(H2,13,15)(H2,14,16). The van der Waals surface area contributed by atoms with E-state index in [0.29, 0.717) is 24.8 Å². The van der Waals surface area contributed by atoms with E-state index in [-0.39, 0.29) is 11.8 Å². The molecule has 0 aromatic rings. The Morgan fingerprint density at radius 1 is 1.06 bits per heavy atom. The summed E-state index contributed by atoms with van der Waals surface area (Å²) in [5.74, 6) is -0.657. The number of carbonyl (C=O) groups excluding carboxylic acids is 2. The first-order chi connectivity index (χ1) is 7.57. The van der Waals surface area contributed by atoms with Gasteiger partial charge in [-0.15, -0.1) is 0 Å². The summed E-state index contributed by atoms with van der Waals surface area (Å²) in [4.78, 5) is 21.6. The molecule has 0 aliphatic rings. The summed E-state index contributed by atoms with van der Waals surface area (Å²) in [7, 11) is 0. The molecule has 0 aromatic heterocycles. The Morgan fingerprint density at radius 3 is 2.25 bits per heavy atom. The zero-order valence-electron chi connectivity index (χ0n) is 10.00. The maximum atomic E-state index is 11.1. The lowest BCUT2D eigenvalue weighted by Gasteiger charge is -2.02. The van der Waals surface area contributed by atoms with Crippen LogP contribution in [0.4, 0.5) is 0 Å². The number of hydrogen-bond acceptors (Lipinski definition) is 2. The highest BCUT2D eigenvalue weighted by Gasteiger charge is 2.03. The Morgan fingerprint density at radius 2 is 1.75 bits per heavy atom. The molecule has 4 nitrogen and oxygen atoms in total. The van der Waals surface area contributed by atoms with Crippen molar-refractivity contribution in [3.05, 3.63) is 11.6 Å². The van der Waals surface area contributed by atoms with Gasteiger partial charge in [-0.05, 0) is 25.7 Å². The molecule has 0 saturated carbocycles. The minimum Gasteiger partial charge on any atom is -0.370 e. The molecule has 0 heterocycles. The van der Waals surface area contributed by atoms with Crippen molar-refractivity contribution in [3.63, 3.8) is 0 Å². The van der Waals surface area contributed by atoms with E-state index in [2.05, 4.69) is 6.92 Å². The average Bonchev–Trinajstić information content (AvgIpc) is 2.21. The van der Waals surface area contributed by atoms with Crippen molar-refractivity contribution in [2.75, 3.05) is 0 Å². The number of amides is 2. The van der Waals surface area contributed by atoms with Gasteiger partial charge in [0.05, 0.1) is 0 Å². The molecule has 0 atom stereocenters. The van der Waals surface area contributed by atoms with Gasteiger partial charge in [0.15, 0.2) is 0 Å². The van der Waals surface area contributed by atoms with Crippen LogP contribution in [0.2, 0.25) is 0 Å². The molecular formula is C12H22N2O2. The van der Waals surface area contributed by atoms with Crippen LogP contribution in [0.15, 0.2) is 11.6 Å². The van der Waals surface area contributed by atoms with Crippen molar-refractivity contribution in [1.29, 1.82) is 0 Å². The van der Waals surface area contributed by atoms with Crippen molar-refractivity contribution in [3.8, 4) is 0 Å². The first kappa shape index (κ1) is 14.7. The molecule has 0 rings (SSSR count). The molecule has 0 bridgehead atoms. The molecule has 0 fully saturated rings. The van der Waals surface area contributed by atoms with Gasteiger partial charge in [0.2, 0.25) is 11.8 Å². The van der Waals surface area contributed by atoms with E-state index in [1.54, 1.807) is 0 Å². The molecule has 0 unspecified atom stereocenters. The minimum absolute atomic E-state index is 0.306. The summed E-state index contributed by atoms with van der Waals surface area (Å²) in [6.07, 6.45) is 7.51. The van der Waals surface area contributed by atoms with E-state index in [1.165, 1.54) is 0 Å². The predicted molar refractivity (Wildman–Crippen MR) is 64.5 cm³/mol. The van der Waals surface area contributed by atoms with Crippen molar-refractivity contribution in [2.24, 2.45) is 11.5 Å². The molecule has 92 valence electrons. The molecule has 16 heavy (non-hydrogen) atoms. The van der Waals surface area contributed by atoms with Crippen LogP contribution in [0.1, 0.15) is 51.9 Å². The summed E-state index contributed by atoms with van der Waals surface area (Å²) in [5, 5.41) is 0. The van der Waals surface area contributed by atoms with Gasteiger partial charge in [0.25, 0.3) is 0 Å². The fourth-order valence-corrected chi connectivity index (χ4v) is 1.44. The number of carbonyl (C=O) groups is 2. The maximum absolute atomic E-state index is 11.1. The van der Waals surface area contributed by atoms with Gasteiger partial charge in [-0.1, -0.05) is 25.8 Å². The van der Waals surface area contributed by atoms with Gasteiger partial charge < -0.3 is 11.5 Å². The average molecular weight is 226 g/mol. The van der Waals surface area contributed by atoms with Gasteiger partial charge in [-0.2, -0.15) is 0 Å². The van der Waals surface area contributed by atoms with Crippen LogP contribution in [0.3, 0.4) is 0 Å². The zero-order valence-corrected chi connectivity index (χ0v) is 10.00. The third-order valence-electron chi connectivity index (χ3n) is 2.38. The molecule has 0 spiro atoms. The monoisotopic (exact) mass is 226 g/mol. The normalized spacial score (nSPS) is 11.4. The van der Waals surface area contributed by atoms with E-state index in [0.717, 1.165) is 25.7 Å². The van der Waals surface area contributed by atoms with Gasteiger partial charge in [0, 0.05) is 12.0 Å². The fraction of sp³-hybridized carbons (Fsp3) is 0.667. The third kappa shape index (κ3) is 8.03. The smallest absolute Gasteiger partial charge is 0.244 e. The SMILES string of the molecule is CCCCCC(=CCCCC(N)=O)C(N)=O. The molecule has 0 aromatic carbocycles. The topological polar surface area (TPSA) is 86.2 Å². The van der Waals surface area contributed by atoms with Gasteiger partial charge in [-0.3, -0.25) is 9.59 Å². The van der Waals surface area contributed by atoms with Crippen molar-refractivity contribution < 1.29 is 9.59 Å². The quantitative estimate of drug-likeness (QED) is 0.462. The number of rotatable bonds is 9. The predicted octanol–water partition coefficient (Wildman–Crippen LogP) is 1.63. The van der Waals surface area contributed by atoms with Crippen LogP contribution < -0.4 is 11.5 Å². The highest BCUT2D eigenvalue weighted by atomic mass is 16.1. The molecule has 0 aliphatic carbocycles. The lowest BCUT2D eigenvalue weighted by Crippen LogP contribution is -2.14. The van der Waals surface area contributed by atoms with Crippen LogP contribution in [0.25, 0.3) is 0 Å². The summed E-state index contributed by atoms with van der Waals surface area (Å²) in [5.41, 5.74) is 11.0. The van der Waals surface area contributed by atoms with E-state index in [9.17, 15) is 9.59 Å². The lowest BCUT2D eigenvalue weighted by molar-refractivity contribution is -0.118. The lowest BCUT2D eigenvalue weighted by atomic mass is 10.0. The Labute approximate surface area is 97.1 Å². The summed E-state index contributed by atoms with van der Waals surface area (Å²) in [6, 6.07) is 0. The maximum Gasteiger partial charge on any atom is 0.244 e. The first-order valence-electron chi connectivity index (χ1n) is 5.85. The molecular weight excluding hydrogens is 204 g/mol. The number of allylic oxidation sites excluding steroid dienone is 1. The fourth-order valence-electron chi connectivity index (χ4n) is 1.44. The summed E-state index contributed by atoms with van der Waals surface area (Å²) >= 11 is 0. The third-order valence-corrected chi connectivity index (χ3v) is 2.38. The summed E-state index contributed by atoms with van der Waals surface area (Å²) < 4.78 is 0. The number of hydrogen-bond donors (Lipinski definition) is 2. The van der Waals surface area contributed by atoms with Gasteiger partial charge >= 0.3 is 0 Å². The molecule has 0 saturated heterocycles. The largest absolute Gasteiger partial charge is 0.370 e. The van der Waals surface area contributed by atoms with Crippen LogP contribution in [-0.4, -0.2) is 11.8 Å². The van der Waals surface area contributed by atoms with Crippen molar-refractivity contribution >= 4 is 11.8 Å². The Kier molecular flexibility index (Phi) is 8.21. The number of nitrogens with two attached hydrogens (primary N) is 2. The van der Waals surface area contributed by atoms with Crippen LogP contribution in [0.5, 0.6) is 0 Å². The first-order valence-corrected chi connectivity index (χ1v) is 5.85. The Balaban J connectivity index is 3.94. The zero-order chi connectivity index (χ0) is 12.4. The second kappa shape index (κ2) is 8.95. The Hall–Kier alpha value is -1.32.